The van der Waals surface area contributed by atoms with Crippen molar-refractivity contribution in [3.8, 4) is 0 Å². The van der Waals surface area contributed by atoms with Gasteiger partial charge in [-0.05, 0) is 36.8 Å². The summed E-state index contributed by atoms with van der Waals surface area (Å²) in [4.78, 5) is 4.57. The third kappa shape index (κ3) is 3.14. The molecule has 1 atom stereocenters. The number of para-hydroxylation sites is 1. The van der Waals surface area contributed by atoms with Gasteiger partial charge in [-0.15, -0.1) is 0 Å². The van der Waals surface area contributed by atoms with E-state index in [-0.39, 0.29) is 5.82 Å². The fourth-order valence-electron chi connectivity index (χ4n) is 2.88. The van der Waals surface area contributed by atoms with Crippen LogP contribution in [-0.4, -0.2) is 20.3 Å². The van der Waals surface area contributed by atoms with Crippen molar-refractivity contribution >= 4 is 22.4 Å². The first kappa shape index (κ1) is 16.2. The van der Waals surface area contributed by atoms with E-state index in [1.165, 1.54) is 12.1 Å². The second kappa shape index (κ2) is 6.57. The Kier molecular flexibility index (Phi) is 4.10. The summed E-state index contributed by atoms with van der Waals surface area (Å²) in [5, 5.41) is 22.0. The molecule has 0 saturated carbocycles. The fourth-order valence-corrected chi connectivity index (χ4v) is 2.88. The van der Waals surface area contributed by atoms with Gasteiger partial charge in [0.05, 0.1) is 16.9 Å². The molecule has 130 valence electrons. The van der Waals surface area contributed by atoms with Gasteiger partial charge in [0.1, 0.15) is 11.9 Å². The van der Waals surface area contributed by atoms with Crippen LogP contribution in [0.1, 0.15) is 23.1 Å². The van der Waals surface area contributed by atoms with E-state index < -0.39 is 6.10 Å². The molecule has 2 aromatic carbocycles. The minimum absolute atomic E-state index is 0.344. The largest absolute Gasteiger partial charge is 0.382 e. The number of H-pyrrole nitrogens is 1. The van der Waals surface area contributed by atoms with E-state index in [9.17, 15) is 9.50 Å². The monoisotopic (exact) mass is 348 g/mol. The van der Waals surface area contributed by atoms with E-state index in [1.807, 2.05) is 37.3 Å². The van der Waals surface area contributed by atoms with Crippen molar-refractivity contribution in [2.24, 2.45) is 0 Å². The Morgan fingerprint density at radius 3 is 2.58 bits per heavy atom. The summed E-state index contributed by atoms with van der Waals surface area (Å²) in [6.45, 7) is 1.92. The van der Waals surface area contributed by atoms with Gasteiger partial charge in [-0.2, -0.15) is 5.10 Å². The van der Waals surface area contributed by atoms with Gasteiger partial charge in [0.25, 0.3) is 0 Å². The van der Waals surface area contributed by atoms with Gasteiger partial charge in [0.2, 0.25) is 0 Å². The fraction of sp³-hybridized carbons (Fsp3) is 0.100. The number of nitrogens with one attached hydrogen (secondary N) is 2. The lowest BCUT2D eigenvalue weighted by Gasteiger charge is -2.15. The van der Waals surface area contributed by atoms with Gasteiger partial charge in [-0.3, -0.25) is 5.10 Å². The summed E-state index contributed by atoms with van der Waals surface area (Å²) >= 11 is 0. The van der Waals surface area contributed by atoms with Crippen LogP contribution >= 0.6 is 0 Å². The van der Waals surface area contributed by atoms with Gasteiger partial charge in [0, 0.05) is 17.1 Å². The Hall–Kier alpha value is -3.25. The molecule has 5 nitrogen and oxygen atoms in total. The summed E-state index contributed by atoms with van der Waals surface area (Å²) in [7, 11) is 0. The molecular weight excluding hydrogens is 331 g/mol. The lowest BCUT2D eigenvalue weighted by atomic mass is 10.0. The molecule has 0 fully saturated rings. The van der Waals surface area contributed by atoms with Crippen molar-refractivity contribution in [2.45, 2.75) is 13.0 Å². The first-order valence-electron chi connectivity index (χ1n) is 8.22. The van der Waals surface area contributed by atoms with Crippen LogP contribution in [0.25, 0.3) is 10.9 Å². The van der Waals surface area contributed by atoms with E-state index in [0.717, 1.165) is 22.3 Å². The Bertz CT molecular complexity index is 1060. The van der Waals surface area contributed by atoms with Crippen molar-refractivity contribution in [2.75, 3.05) is 5.32 Å². The van der Waals surface area contributed by atoms with E-state index in [0.29, 0.717) is 17.1 Å². The maximum absolute atomic E-state index is 13.2. The van der Waals surface area contributed by atoms with Gasteiger partial charge >= 0.3 is 0 Å². The number of aliphatic hydroxyl groups is 1. The number of halogens is 1. The van der Waals surface area contributed by atoms with E-state index in [2.05, 4.69) is 20.5 Å². The zero-order valence-corrected chi connectivity index (χ0v) is 14.1. The standard InChI is InChI=1S/C20H17FN4O/c1-12-10-19(25-24-12)23-17-11-18(22-16-5-3-2-4-15(16)17)20(26)13-6-8-14(21)9-7-13/h2-11,20,26H,1H3,(H2,22,23,24,25)/t20-/m0/s1. The molecule has 0 bridgehead atoms. The minimum Gasteiger partial charge on any atom is -0.382 e. The normalized spacial score (nSPS) is 12.3. The molecular formula is C20H17FN4O. The van der Waals surface area contributed by atoms with Crippen LogP contribution in [0.2, 0.25) is 0 Å². The number of aromatic nitrogens is 3. The van der Waals surface area contributed by atoms with E-state index in [4.69, 9.17) is 0 Å². The number of nitrogens with zero attached hydrogens (tertiary/aromatic N) is 2. The Morgan fingerprint density at radius 2 is 1.85 bits per heavy atom. The second-order valence-electron chi connectivity index (χ2n) is 6.13. The number of benzene rings is 2. The van der Waals surface area contributed by atoms with Gasteiger partial charge < -0.3 is 10.4 Å². The molecule has 26 heavy (non-hydrogen) atoms. The van der Waals surface area contributed by atoms with Crippen LogP contribution in [-0.2, 0) is 0 Å². The maximum atomic E-state index is 13.2. The van der Waals surface area contributed by atoms with Crippen molar-refractivity contribution in [3.05, 3.63) is 83.4 Å². The molecule has 0 aliphatic heterocycles. The van der Waals surface area contributed by atoms with Gasteiger partial charge in [-0.25, -0.2) is 9.37 Å². The molecule has 2 aromatic heterocycles. The smallest absolute Gasteiger partial charge is 0.152 e. The molecule has 0 spiro atoms. The second-order valence-corrected chi connectivity index (χ2v) is 6.13. The van der Waals surface area contributed by atoms with Crippen LogP contribution < -0.4 is 5.32 Å². The van der Waals surface area contributed by atoms with E-state index >= 15 is 0 Å². The number of aromatic amines is 1. The highest BCUT2D eigenvalue weighted by molar-refractivity contribution is 5.93. The van der Waals surface area contributed by atoms with Crippen molar-refractivity contribution in [3.63, 3.8) is 0 Å². The first-order valence-corrected chi connectivity index (χ1v) is 8.22. The summed E-state index contributed by atoms with van der Waals surface area (Å²) in [5.41, 5.74) is 3.54. The number of rotatable bonds is 4. The quantitative estimate of drug-likeness (QED) is 0.516. The van der Waals surface area contributed by atoms with Crippen LogP contribution in [0, 0.1) is 12.7 Å². The molecule has 0 amide bonds. The molecule has 0 radical (unpaired) electrons. The van der Waals surface area contributed by atoms with Crippen LogP contribution in [0.15, 0.2) is 60.7 Å². The number of pyridine rings is 1. The number of hydrogen-bond acceptors (Lipinski definition) is 4. The summed E-state index contributed by atoms with van der Waals surface area (Å²) in [5.74, 6) is 0.338. The highest BCUT2D eigenvalue weighted by Gasteiger charge is 2.15. The topological polar surface area (TPSA) is 73.8 Å². The van der Waals surface area contributed by atoms with Crippen LogP contribution in [0.5, 0.6) is 0 Å². The molecule has 0 unspecified atom stereocenters. The predicted octanol–water partition coefficient (Wildman–Crippen LogP) is 4.23. The lowest BCUT2D eigenvalue weighted by molar-refractivity contribution is 0.215. The van der Waals surface area contributed by atoms with Gasteiger partial charge in [-0.1, -0.05) is 30.3 Å². The molecule has 2 heterocycles. The molecule has 6 heteroatoms. The van der Waals surface area contributed by atoms with Crippen molar-refractivity contribution in [1.82, 2.24) is 15.2 Å². The van der Waals surface area contributed by atoms with Crippen LogP contribution in [0.4, 0.5) is 15.9 Å². The minimum atomic E-state index is -0.957. The zero-order valence-electron chi connectivity index (χ0n) is 14.1. The van der Waals surface area contributed by atoms with E-state index in [1.54, 1.807) is 18.2 Å². The summed E-state index contributed by atoms with van der Waals surface area (Å²) in [6.07, 6.45) is -0.957. The van der Waals surface area contributed by atoms with Crippen molar-refractivity contribution < 1.29 is 9.50 Å². The number of aryl methyl sites for hydroxylation is 1. The summed E-state index contributed by atoms with van der Waals surface area (Å²) < 4.78 is 13.2. The third-order valence-electron chi connectivity index (χ3n) is 4.17. The number of anilines is 2. The van der Waals surface area contributed by atoms with Crippen molar-refractivity contribution in [1.29, 1.82) is 0 Å². The maximum Gasteiger partial charge on any atom is 0.152 e. The molecule has 3 N–H and O–H groups in total. The molecule has 0 saturated heterocycles. The highest BCUT2D eigenvalue weighted by Crippen LogP contribution is 2.30. The summed E-state index contributed by atoms with van der Waals surface area (Å²) in [6, 6.07) is 17.1. The Morgan fingerprint density at radius 1 is 1.08 bits per heavy atom. The van der Waals surface area contributed by atoms with Gasteiger partial charge in [0.15, 0.2) is 5.82 Å². The molecule has 4 aromatic rings. The zero-order chi connectivity index (χ0) is 18.1. The Labute approximate surface area is 149 Å². The number of fused-ring (bicyclic) bond motifs is 1. The SMILES string of the molecule is Cc1cc(Nc2cc([C@@H](O)c3ccc(F)cc3)nc3ccccc23)n[nH]1. The van der Waals surface area contributed by atoms with Crippen LogP contribution in [0.3, 0.4) is 0 Å². The number of hydrogen-bond donors (Lipinski definition) is 3. The average Bonchev–Trinajstić information content (AvgIpc) is 3.06. The average molecular weight is 348 g/mol. The highest BCUT2D eigenvalue weighted by atomic mass is 19.1. The third-order valence-corrected chi connectivity index (χ3v) is 4.17. The Balaban J connectivity index is 1.79. The number of aliphatic hydroxyl groups excluding tert-OH is 1. The molecule has 0 aliphatic carbocycles. The predicted molar refractivity (Wildman–Crippen MR) is 98.8 cm³/mol. The molecule has 0 aliphatic rings. The lowest BCUT2D eigenvalue weighted by Crippen LogP contribution is -2.04. The first-order chi connectivity index (χ1) is 12.6. The molecule has 4 rings (SSSR count).